The van der Waals surface area contributed by atoms with Crippen LogP contribution in [0.25, 0.3) is 0 Å². The molecular weight excluding hydrogens is 190 g/mol. The topological polar surface area (TPSA) is 52.3 Å². The quantitative estimate of drug-likeness (QED) is 0.765. The van der Waals surface area contributed by atoms with E-state index in [4.69, 9.17) is 10.5 Å². The SMILES string of the molecule is N[C@@H](C(=O)OC1CCC1)c1ccccc1. The number of carbonyl (C=O) groups excluding carboxylic acids is 1. The van der Waals surface area contributed by atoms with Crippen molar-refractivity contribution in [3.63, 3.8) is 0 Å². The summed E-state index contributed by atoms with van der Waals surface area (Å²) in [4.78, 5) is 11.6. The van der Waals surface area contributed by atoms with Crippen LogP contribution in [0.4, 0.5) is 0 Å². The van der Waals surface area contributed by atoms with Gasteiger partial charge >= 0.3 is 5.97 Å². The van der Waals surface area contributed by atoms with Crippen LogP contribution < -0.4 is 5.73 Å². The lowest BCUT2D eigenvalue weighted by Crippen LogP contribution is -2.31. The number of nitrogens with two attached hydrogens (primary N) is 1. The van der Waals surface area contributed by atoms with Gasteiger partial charge in [0, 0.05) is 0 Å². The van der Waals surface area contributed by atoms with Crippen LogP contribution in [0, 0.1) is 0 Å². The van der Waals surface area contributed by atoms with E-state index in [0.29, 0.717) is 0 Å². The van der Waals surface area contributed by atoms with Crippen LogP contribution in [0.5, 0.6) is 0 Å². The van der Waals surface area contributed by atoms with Gasteiger partial charge < -0.3 is 10.5 Å². The van der Waals surface area contributed by atoms with Crippen molar-refractivity contribution < 1.29 is 9.53 Å². The standard InChI is InChI=1S/C12H15NO2/c13-11(9-5-2-1-3-6-9)12(14)15-10-7-4-8-10/h1-3,5-6,10-11H,4,7-8,13H2/t11-/m1/s1. The lowest BCUT2D eigenvalue weighted by atomic mass is 9.96. The van der Waals surface area contributed by atoms with Crippen LogP contribution >= 0.6 is 0 Å². The molecule has 0 bridgehead atoms. The Balaban J connectivity index is 1.94. The summed E-state index contributed by atoms with van der Waals surface area (Å²) in [5, 5.41) is 0. The highest BCUT2D eigenvalue weighted by Crippen LogP contribution is 2.23. The van der Waals surface area contributed by atoms with Gasteiger partial charge in [-0.15, -0.1) is 0 Å². The van der Waals surface area contributed by atoms with Crippen LogP contribution in [0.2, 0.25) is 0 Å². The Kier molecular flexibility index (Phi) is 3.02. The number of rotatable bonds is 3. The number of carbonyl (C=O) groups is 1. The summed E-state index contributed by atoms with van der Waals surface area (Å²) in [6.07, 6.45) is 3.21. The van der Waals surface area contributed by atoms with Gasteiger partial charge in [0.2, 0.25) is 0 Å². The molecule has 0 heterocycles. The minimum atomic E-state index is -0.646. The first-order valence-electron chi connectivity index (χ1n) is 5.28. The van der Waals surface area contributed by atoms with Crippen LogP contribution in [0.15, 0.2) is 30.3 Å². The van der Waals surface area contributed by atoms with Gasteiger partial charge in [0.25, 0.3) is 0 Å². The second-order valence-corrected chi connectivity index (χ2v) is 3.88. The van der Waals surface area contributed by atoms with Crippen LogP contribution in [0.3, 0.4) is 0 Å². The molecule has 0 amide bonds. The van der Waals surface area contributed by atoms with Crippen LogP contribution in [-0.4, -0.2) is 12.1 Å². The minimum Gasteiger partial charge on any atom is -0.461 e. The van der Waals surface area contributed by atoms with Gasteiger partial charge in [-0.1, -0.05) is 30.3 Å². The monoisotopic (exact) mass is 205 g/mol. The third-order valence-corrected chi connectivity index (χ3v) is 2.75. The number of hydrogen-bond donors (Lipinski definition) is 1. The lowest BCUT2D eigenvalue weighted by molar-refractivity contribution is -0.154. The van der Waals surface area contributed by atoms with Crippen molar-refractivity contribution in [1.29, 1.82) is 0 Å². The summed E-state index contributed by atoms with van der Waals surface area (Å²) in [7, 11) is 0. The van der Waals surface area contributed by atoms with Gasteiger partial charge in [0.15, 0.2) is 0 Å². The highest BCUT2D eigenvalue weighted by Gasteiger charge is 2.25. The van der Waals surface area contributed by atoms with Gasteiger partial charge in [-0.2, -0.15) is 0 Å². The van der Waals surface area contributed by atoms with Crippen molar-refractivity contribution >= 4 is 5.97 Å². The summed E-state index contributed by atoms with van der Waals surface area (Å²) in [5.74, 6) is -0.314. The van der Waals surface area contributed by atoms with Gasteiger partial charge in [-0.25, -0.2) is 4.79 Å². The number of ether oxygens (including phenoxy) is 1. The first-order valence-corrected chi connectivity index (χ1v) is 5.28. The average molecular weight is 205 g/mol. The van der Waals surface area contributed by atoms with E-state index < -0.39 is 6.04 Å². The Hall–Kier alpha value is -1.35. The summed E-state index contributed by atoms with van der Waals surface area (Å²) < 4.78 is 5.24. The van der Waals surface area contributed by atoms with E-state index in [1.54, 1.807) is 0 Å². The molecule has 1 saturated carbocycles. The molecular formula is C12H15NO2. The van der Waals surface area contributed by atoms with Crippen LogP contribution in [0.1, 0.15) is 30.9 Å². The molecule has 0 radical (unpaired) electrons. The zero-order valence-corrected chi connectivity index (χ0v) is 8.56. The van der Waals surface area contributed by atoms with Gasteiger partial charge in [-0.05, 0) is 24.8 Å². The van der Waals surface area contributed by atoms with E-state index in [0.717, 1.165) is 24.8 Å². The van der Waals surface area contributed by atoms with Crippen molar-refractivity contribution in [2.24, 2.45) is 5.73 Å². The van der Waals surface area contributed by atoms with Crippen molar-refractivity contribution in [1.82, 2.24) is 0 Å². The summed E-state index contributed by atoms with van der Waals surface area (Å²) in [6, 6.07) is 8.66. The van der Waals surface area contributed by atoms with Crippen molar-refractivity contribution in [2.45, 2.75) is 31.4 Å². The van der Waals surface area contributed by atoms with Crippen molar-refractivity contribution in [3.05, 3.63) is 35.9 Å². The Labute approximate surface area is 89.2 Å². The first-order chi connectivity index (χ1) is 7.27. The molecule has 1 aliphatic rings. The normalized spacial score (nSPS) is 17.9. The number of esters is 1. The maximum atomic E-state index is 11.6. The largest absolute Gasteiger partial charge is 0.461 e. The summed E-state index contributed by atoms with van der Waals surface area (Å²) in [5.41, 5.74) is 6.60. The Morgan fingerprint density at radius 3 is 2.53 bits per heavy atom. The third-order valence-electron chi connectivity index (χ3n) is 2.75. The molecule has 15 heavy (non-hydrogen) atoms. The summed E-state index contributed by atoms with van der Waals surface area (Å²) in [6.45, 7) is 0. The molecule has 1 aliphatic carbocycles. The molecule has 2 rings (SSSR count). The van der Waals surface area contributed by atoms with E-state index in [-0.39, 0.29) is 12.1 Å². The molecule has 1 aromatic rings. The summed E-state index contributed by atoms with van der Waals surface area (Å²) >= 11 is 0. The van der Waals surface area contributed by atoms with E-state index in [1.807, 2.05) is 30.3 Å². The fourth-order valence-electron chi connectivity index (χ4n) is 1.52. The van der Waals surface area contributed by atoms with Gasteiger partial charge in [0.05, 0.1) is 0 Å². The maximum Gasteiger partial charge on any atom is 0.327 e. The Morgan fingerprint density at radius 1 is 1.33 bits per heavy atom. The van der Waals surface area contributed by atoms with Crippen molar-refractivity contribution in [3.8, 4) is 0 Å². The minimum absolute atomic E-state index is 0.104. The fraction of sp³-hybridized carbons (Fsp3) is 0.417. The zero-order valence-electron chi connectivity index (χ0n) is 8.56. The highest BCUT2D eigenvalue weighted by atomic mass is 16.5. The highest BCUT2D eigenvalue weighted by molar-refractivity contribution is 5.77. The van der Waals surface area contributed by atoms with E-state index >= 15 is 0 Å². The smallest absolute Gasteiger partial charge is 0.327 e. The van der Waals surface area contributed by atoms with E-state index in [2.05, 4.69) is 0 Å². The molecule has 0 spiro atoms. The molecule has 3 heteroatoms. The van der Waals surface area contributed by atoms with Gasteiger partial charge in [-0.3, -0.25) is 0 Å². The molecule has 0 saturated heterocycles. The molecule has 3 nitrogen and oxygen atoms in total. The second kappa shape index (κ2) is 4.45. The molecule has 0 unspecified atom stereocenters. The predicted molar refractivity (Wildman–Crippen MR) is 57.1 cm³/mol. The van der Waals surface area contributed by atoms with E-state index in [1.165, 1.54) is 0 Å². The van der Waals surface area contributed by atoms with Gasteiger partial charge in [0.1, 0.15) is 12.1 Å². The Bertz CT molecular complexity index is 333. The van der Waals surface area contributed by atoms with E-state index in [9.17, 15) is 4.79 Å². The number of benzene rings is 1. The van der Waals surface area contributed by atoms with Crippen molar-refractivity contribution in [2.75, 3.05) is 0 Å². The first kappa shape index (κ1) is 10.2. The molecule has 80 valence electrons. The second-order valence-electron chi connectivity index (χ2n) is 3.88. The fourth-order valence-corrected chi connectivity index (χ4v) is 1.52. The molecule has 1 fully saturated rings. The lowest BCUT2D eigenvalue weighted by Gasteiger charge is -2.26. The Morgan fingerprint density at radius 2 is 2.00 bits per heavy atom. The molecule has 0 aliphatic heterocycles. The molecule has 1 atom stereocenters. The van der Waals surface area contributed by atoms with Crippen LogP contribution in [-0.2, 0) is 9.53 Å². The molecule has 0 aromatic heterocycles. The zero-order chi connectivity index (χ0) is 10.7. The predicted octanol–water partition coefficient (Wildman–Crippen LogP) is 1.78. The third kappa shape index (κ3) is 2.36. The molecule has 1 aromatic carbocycles. The average Bonchev–Trinajstić information content (AvgIpc) is 2.23. The number of hydrogen-bond acceptors (Lipinski definition) is 3. The maximum absolute atomic E-state index is 11.6. The molecule has 2 N–H and O–H groups in total.